The van der Waals surface area contributed by atoms with E-state index in [1.54, 1.807) is 35.9 Å². The molecular weight excluding hydrogens is 899 g/mol. The molecule has 2 aliphatic carbocycles. The zero-order valence-corrected chi connectivity index (χ0v) is 39.2. The molecule has 17 heteroatoms. The van der Waals surface area contributed by atoms with Crippen LogP contribution in [0.2, 0.25) is 10.0 Å². The van der Waals surface area contributed by atoms with E-state index in [1.807, 2.05) is 29.2 Å². The maximum atomic E-state index is 16.3. The third-order valence-electron chi connectivity index (χ3n) is 16.0. The number of imide groups is 1. The third-order valence-corrected chi connectivity index (χ3v) is 16.6. The Balaban J connectivity index is 0.750. The molecule has 6 aliphatic rings. The van der Waals surface area contributed by atoms with Crippen LogP contribution in [0.5, 0.6) is 0 Å². The molecule has 1 unspecified atom stereocenters. The van der Waals surface area contributed by atoms with E-state index >= 15 is 4.39 Å². The Morgan fingerprint density at radius 2 is 1.63 bits per heavy atom. The number of rotatable bonds is 9. The first-order valence-electron chi connectivity index (χ1n) is 24.0. The number of carbonyl (C=O) groups excluding carboxylic acids is 5. The fraction of sp³-hybridized carbons (Fsp3) is 0.520. The number of aryl methyl sites for hydroxylation is 2. The van der Waals surface area contributed by atoms with Crippen molar-refractivity contribution in [1.82, 2.24) is 34.9 Å². The number of hydrogen-bond donors (Lipinski definition) is 4. The molecule has 4 atom stereocenters. The molecule has 67 heavy (non-hydrogen) atoms. The number of aromatic nitrogens is 2. The van der Waals surface area contributed by atoms with Crippen molar-refractivity contribution in [1.29, 1.82) is 0 Å². The first-order valence-corrected chi connectivity index (χ1v) is 24.7. The molecular formula is C50H57Cl2FN8O6. The van der Waals surface area contributed by atoms with Crippen LogP contribution in [0.3, 0.4) is 0 Å². The second kappa shape index (κ2) is 18.1. The van der Waals surface area contributed by atoms with Gasteiger partial charge in [-0.15, -0.1) is 0 Å². The average molecular weight is 956 g/mol. The highest BCUT2D eigenvalue weighted by molar-refractivity contribution is 6.31. The van der Waals surface area contributed by atoms with Crippen molar-refractivity contribution in [3.05, 3.63) is 97.6 Å². The SMILES string of the molecule is Cn1c(=O)n(C2CCC(=O)NC2=O)c2ccc(CCCN3CCN(C(=O)C4CCC(NC(=O)[C@@H]5NC6(CCCCC6)[C@@]6(C(=O)Nc7cc(Cl)ccc76)[C@H]5c5cccc(Cl)c5F)CC4)CC3)cc21. The number of halogens is 3. The lowest BCUT2D eigenvalue weighted by molar-refractivity contribution is -0.139. The van der Waals surface area contributed by atoms with Gasteiger partial charge in [-0.2, -0.15) is 0 Å². The summed E-state index contributed by atoms with van der Waals surface area (Å²) in [6.45, 7) is 3.73. The first kappa shape index (κ1) is 45.7. The van der Waals surface area contributed by atoms with Crippen LogP contribution in [0.4, 0.5) is 10.1 Å². The molecule has 4 aromatic rings. The Morgan fingerprint density at radius 1 is 0.866 bits per heavy atom. The van der Waals surface area contributed by atoms with Crippen molar-refractivity contribution in [2.24, 2.45) is 13.0 Å². The van der Waals surface area contributed by atoms with Gasteiger partial charge in [-0.1, -0.05) is 66.7 Å². The summed E-state index contributed by atoms with van der Waals surface area (Å²) in [6, 6.07) is 14.2. The van der Waals surface area contributed by atoms with Crippen molar-refractivity contribution in [2.45, 2.75) is 118 Å². The zero-order chi connectivity index (χ0) is 46.8. The van der Waals surface area contributed by atoms with Crippen LogP contribution >= 0.6 is 23.2 Å². The number of imidazole rings is 1. The van der Waals surface area contributed by atoms with Crippen LogP contribution in [0.15, 0.2) is 59.4 Å². The van der Waals surface area contributed by atoms with E-state index in [9.17, 15) is 28.8 Å². The number of piperazine rings is 1. The minimum atomic E-state index is -1.30. The number of nitrogens with zero attached hydrogens (tertiary/aromatic N) is 4. The van der Waals surface area contributed by atoms with Gasteiger partial charge in [0, 0.05) is 73.8 Å². The quantitative estimate of drug-likeness (QED) is 0.152. The molecule has 3 aromatic carbocycles. The van der Waals surface area contributed by atoms with Gasteiger partial charge in [0.05, 0.1) is 22.1 Å². The standard InChI is InChI=1S/C50H57Cl2FN8O6/c1-58-39-27-29(10-17-37(39)61(48(58)67)38-18-19-40(62)56-44(38)63)7-6-22-59-23-25-60(26-24-59)46(65)30-11-14-32(15-12-30)54-45(64)43-41(33-8-5-9-35(52)42(33)53)50(49(57-43)20-3-2-4-21-49)34-16-13-31(51)28-36(34)55-47(50)66/h5,8-10,13,16-17,27-28,30,32,38,41,43,57H,2-4,6-7,11-12,14-15,18-26H2,1H3,(H,54,64)(H,55,66)(H,56,62,63)/t30?,32?,38?,41-,43+,50+/m0/s1. The second-order valence-corrected chi connectivity index (χ2v) is 20.5. The Morgan fingerprint density at radius 3 is 2.37 bits per heavy atom. The van der Waals surface area contributed by atoms with Crippen molar-refractivity contribution in [3.63, 3.8) is 0 Å². The average Bonchev–Trinajstić information content (AvgIpc) is 3.87. The number of benzene rings is 3. The molecule has 3 saturated heterocycles. The summed E-state index contributed by atoms with van der Waals surface area (Å²) in [4.78, 5) is 85.2. The lowest BCUT2D eigenvalue weighted by Crippen LogP contribution is -2.60. The van der Waals surface area contributed by atoms with Gasteiger partial charge in [-0.25, -0.2) is 9.18 Å². The maximum absolute atomic E-state index is 16.3. The number of nitrogens with one attached hydrogen (secondary N) is 4. The molecule has 2 saturated carbocycles. The van der Waals surface area contributed by atoms with Crippen LogP contribution < -0.4 is 27.0 Å². The molecule has 10 rings (SSSR count). The monoisotopic (exact) mass is 954 g/mol. The van der Waals surface area contributed by atoms with Gasteiger partial charge in [-0.3, -0.25) is 48.6 Å². The predicted molar refractivity (Wildman–Crippen MR) is 252 cm³/mol. The summed E-state index contributed by atoms with van der Waals surface area (Å²) in [7, 11) is 1.70. The van der Waals surface area contributed by atoms with E-state index in [1.165, 1.54) is 10.6 Å². The van der Waals surface area contributed by atoms with E-state index in [0.29, 0.717) is 79.8 Å². The Kier molecular flexibility index (Phi) is 12.3. The lowest BCUT2D eigenvalue weighted by Gasteiger charge is -2.47. The van der Waals surface area contributed by atoms with Crippen LogP contribution in [0.1, 0.15) is 106 Å². The molecule has 354 valence electrons. The summed E-state index contributed by atoms with van der Waals surface area (Å²) in [5.74, 6) is -2.85. The summed E-state index contributed by atoms with van der Waals surface area (Å²) >= 11 is 12.9. The van der Waals surface area contributed by atoms with Crippen LogP contribution in [-0.2, 0) is 42.9 Å². The van der Waals surface area contributed by atoms with E-state index < -0.39 is 40.7 Å². The summed E-state index contributed by atoms with van der Waals surface area (Å²) in [5.41, 5.74) is 1.61. The van der Waals surface area contributed by atoms with Crippen molar-refractivity contribution in [2.75, 3.05) is 38.0 Å². The Labute approximate surface area is 398 Å². The van der Waals surface area contributed by atoms with E-state index in [0.717, 1.165) is 62.8 Å². The molecule has 5 fully saturated rings. The highest BCUT2D eigenvalue weighted by atomic mass is 35.5. The van der Waals surface area contributed by atoms with E-state index in [-0.39, 0.29) is 58.3 Å². The van der Waals surface area contributed by atoms with Crippen LogP contribution in [0.25, 0.3) is 11.0 Å². The largest absolute Gasteiger partial charge is 0.352 e. The lowest BCUT2D eigenvalue weighted by atomic mass is 9.55. The molecule has 0 radical (unpaired) electrons. The highest BCUT2D eigenvalue weighted by Crippen LogP contribution is 2.63. The molecule has 4 N–H and O–H groups in total. The molecule has 4 aliphatic heterocycles. The van der Waals surface area contributed by atoms with Gasteiger partial charge < -0.3 is 15.5 Å². The summed E-state index contributed by atoms with van der Waals surface area (Å²) < 4.78 is 19.4. The predicted octanol–water partition coefficient (Wildman–Crippen LogP) is 5.86. The zero-order valence-electron chi connectivity index (χ0n) is 37.7. The number of hydrogen-bond acceptors (Lipinski definition) is 8. The van der Waals surface area contributed by atoms with Crippen molar-refractivity contribution in [3.8, 4) is 0 Å². The molecule has 5 amide bonds. The van der Waals surface area contributed by atoms with Gasteiger partial charge in [0.2, 0.25) is 29.5 Å². The minimum absolute atomic E-state index is 0.0704. The number of carbonyl (C=O) groups is 5. The van der Waals surface area contributed by atoms with Gasteiger partial charge >= 0.3 is 5.69 Å². The van der Waals surface area contributed by atoms with E-state index in [2.05, 4.69) is 26.2 Å². The number of anilines is 1. The van der Waals surface area contributed by atoms with Gasteiger partial charge in [0.25, 0.3) is 0 Å². The molecule has 5 heterocycles. The number of amides is 5. The van der Waals surface area contributed by atoms with Crippen LogP contribution in [0, 0.1) is 11.7 Å². The van der Waals surface area contributed by atoms with Gasteiger partial charge in [0.1, 0.15) is 17.3 Å². The van der Waals surface area contributed by atoms with E-state index in [4.69, 9.17) is 23.2 Å². The summed E-state index contributed by atoms with van der Waals surface area (Å²) in [5, 5.41) is 12.8. The van der Waals surface area contributed by atoms with Gasteiger partial charge in [0.15, 0.2) is 0 Å². The van der Waals surface area contributed by atoms with Gasteiger partial charge in [-0.05, 0) is 111 Å². The maximum Gasteiger partial charge on any atom is 0.329 e. The first-order chi connectivity index (χ1) is 32.3. The fourth-order valence-electron chi connectivity index (χ4n) is 12.7. The van der Waals surface area contributed by atoms with Crippen molar-refractivity contribution >= 4 is 69.5 Å². The molecule has 14 nitrogen and oxygen atoms in total. The normalized spacial score (nSPS) is 27.4. The number of piperidine rings is 1. The topological polar surface area (TPSA) is 167 Å². The smallest absolute Gasteiger partial charge is 0.329 e. The minimum Gasteiger partial charge on any atom is -0.352 e. The fourth-order valence-corrected chi connectivity index (χ4v) is 13.1. The summed E-state index contributed by atoms with van der Waals surface area (Å²) in [6.07, 6.45) is 8.73. The molecule has 1 aromatic heterocycles. The van der Waals surface area contributed by atoms with Crippen molar-refractivity contribution < 1.29 is 28.4 Å². The van der Waals surface area contributed by atoms with Crippen LogP contribution in [-0.4, -0.2) is 98.8 Å². The number of fused-ring (bicyclic) bond motifs is 4. The molecule has 0 bridgehead atoms. The second-order valence-electron chi connectivity index (χ2n) is 19.7. The highest BCUT2D eigenvalue weighted by Gasteiger charge is 2.72. The third kappa shape index (κ3) is 7.87. The Hall–Kier alpha value is -5.09. The Bertz CT molecular complexity index is 2720. The molecule has 2 spiro atoms.